The van der Waals surface area contributed by atoms with Crippen molar-refractivity contribution in [3.63, 3.8) is 0 Å². The molecule has 0 aliphatic heterocycles. The minimum absolute atomic E-state index is 0.00399. The van der Waals surface area contributed by atoms with Gasteiger partial charge in [0.15, 0.2) is 17.6 Å². The monoisotopic (exact) mass is 280 g/mol. The molecule has 0 radical (unpaired) electrons. The molecule has 1 aromatic rings. The third-order valence-corrected chi connectivity index (χ3v) is 2.91. The van der Waals surface area contributed by atoms with E-state index in [4.69, 9.17) is 15.2 Å². The Balaban J connectivity index is 3.04. The van der Waals surface area contributed by atoms with Crippen molar-refractivity contribution >= 4 is 5.91 Å². The number of rotatable bonds is 6. The number of carbonyl (C=O) groups is 1. The summed E-state index contributed by atoms with van der Waals surface area (Å²) in [5.74, 6) is 1.11. The van der Waals surface area contributed by atoms with Crippen LogP contribution >= 0.6 is 0 Å². The predicted molar refractivity (Wildman–Crippen MR) is 79.1 cm³/mol. The van der Waals surface area contributed by atoms with Gasteiger partial charge in [-0.2, -0.15) is 0 Å². The average molecular weight is 280 g/mol. The first-order valence-electron chi connectivity index (χ1n) is 6.66. The van der Waals surface area contributed by atoms with Crippen molar-refractivity contribution < 1.29 is 14.3 Å². The van der Waals surface area contributed by atoms with E-state index < -0.39 is 6.10 Å². The van der Waals surface area contributed by atoms with Crippen molar-refractivity contribution in [3.8, 4) is 11.5 Å². The Hall–Kier alpha value is -1.75. The van der Waals surface area contributed by atoms with E-state index in [0.717, 1.165) is 5.56 Å². The molecule has 0 bridgehead atoms. The Bertz CT molecular complexity index is 458. The molecule has 1 rings (SSSR count). The number of para-hydroxylation sites is 1. The van der Waals surface area contributed by atoms with Gasteiger partial charge < -0.3 is 20.1 Å². The van der Waals surface area contributed by atoms with E-state index in [1.165, 1.54) is 4.90 Å². The molecule has 2 N–H and O–H groups in total. The Labute approximate surface area is 120 Å². The minimum Gasteiger partial charge on any atom is -0.493 e. The fraction of sp³-hybridized carbons (Fsp3) is 0.533. The Morgan fingerprint density at radius 1 is 1.35 bits per heavy atom. The number of amides is 1. The minimum atomic E-state index is -0.576. The first-order chi connectivity index (χ1) is 9.36. The van der Waals surface area contributed by atoms with Gasteiger partial charge in [0.2, 0.25) is 0 Å². The quantitative estimate of drug-likeness (QED) is 0.856. The SMILES string of the molecule is COc1cccc(CC(C)N)c1OC(C)C(=O)N(C)C. The maximum absolute atomic E-state index is 11.9. The van der Waals surface area contributed by atoms with E-state index in [1.54, 1.807) is 28.1 Å². The highest BCUT2D eigenvalue weighted by atomic mass is 16.5. The Kier molecular flexibility index (Phi) is 5.82. The first-order valence-corrected chi connectivity index (χ1v) is 6.66. The van der Waals surface area contributed by atoms with Gasteiger partial charge in [0.05, 0.1) is 7.11 Å². The van der Waals surface area contributed by atoms with Gasteiger partial charge in [-0.15, -0.1) is 0 Å². The van der Waals surface area contributed by atoms with Crippen LogP contribution in [0, 0.1) is 0 Å². The van der Waals surface area contributed by atoms with Crippen molar-refractivity contribution in [2.24, 2.45) is 5.73 Å². The number of nitrogens with zero attached hydrogens (tertiary/aromatic N) is 1. The fourth-order valence-electron chi connectivity index (χ4n) is 1.95. The van der Waals surface area contributed by atoms with Gasteiger partial charge >= 0.3 is 0 Å². The molecule has 0 saturated heterocycles. The van der Waals surface area contributed by atoms with Crippen molar-refractivity contribution in [1.82, 2.24) is 4.90 Å². The van der Waals surface area contributed by atoms with E-state index >= 15 is 0 Å². The van der Waals surface area contributed by atoms with E-state index in [0.29, 0.717) is 17.9 Å². The number of hydrogen-bond donors (Lipinski definition) is 1. The van der Waals surface area contributed by atoms with E-state index in [-0.39, 0.29) is 11.9 Å². The second-order valence-corrected chi connectivity index (χ2v) is 5.12. The first kappa shape index (κ1) is 16.3. The number of carbonyl (C=O) groups excluding carboxylic acids is 1. The van der Waals surface area contributed by atoms with E-state index in [2.05, 4.69) is 0 Å². The topological polar surface area (TPSA) is 64.8 Å². The number of ether oxygens (including phenoxy) is 2. The standard InChI is InChI=1S/C15H24N2O3/c1-10(16)9-12-7-6-8-13(19-5)14(12)20-11(2)15(18)17(3)4/h6-8,10-11H,9,16H2,1-5H3. The molecular formula is C15H24N2O3. The predicted octanol–water partition coefficient (Wildman–Crippen LogP) is 1.44. The Morgan fingerprint density at radius 3 is 2.50 bits per heavy atom. The maximum Gasteiger partial charge on any atom is 0.262 e. The summed E-state index contributed by atoms with van der Waals surface area (Å²) in [5, 5.41) is 0. The van der Waals surface area contributed by atoms with Gasteiger partial charge in [0, 0.05) is 20.1 Å². The van der Waals surface area contributed by atoms with Crippen molar-refractivity contribution in [3.05, 3.63) is 23.8 Å². The zero-order valence-corrected chi connectivity index (χ0v) is 12.8. The lowest BCUT2D eigenvalue weighted by Gasteiger charge is -2.22. The maximum atomic E-state index is 11.9. The second-order valence-electron chi connectivity index (χ2n) is 5.12. The third-order valence-electron chi connectivity index (χ3n) is 2.91. The molecule has 0 spiro atoms. The lowest BCUT2D eigenvalue weighted by atomic mass is 10.1. The van der Waals surface area contributed by atoms with Crippen LogP contribution in [0.3, 0.4) is 0 Å². The van der Waals surface area contributed by atoms with Crippen LogP contribution in [0.2, 0.25) is 0 Å². The van der Waals surface area contributed by atoms with Gasteiger partial charge in [0.1, 0.15) is 0 Å². The molecule has 1 aromatic carbocycles. The molecule has 0 aliphatic rings. The lowest BCUT2D eigenvalue weighted by molar-refractivity contribution is -0.135. The third kappa shape index (κ3) is 4.13. The number of likely N-dealkylation sites (N-methyl/N-ethyl adjacent to an activating group) is 1. The molecule has 112 valence electrons. The molecule has 5 heteroatoms. The second kappa shape index (κ2) is 7.14. The van der Waals surface area contributed by atoms with Crippen LogP contribution in [0.1, 0.15) is 19.4 Å². The van der Waals surface area contributed by atoms with E-state index in [1.807, 2.05) is 25.1 Å². The van der Waals surface area contributed by atoms with Gasteiger partial charge in [-0.05, 0) is 31.9 Å². The number of hydrogen-bond acceptors (Lipinski definition) is 4. The summed E-state index contributed by atoms with van der Waals surface area (Å²) in [6.07, 6.45) is 0.0863. The summed E-state index contributed by atoms with van der Waals surface area (Å²) in [4.78, 5) is 13.4. The molecule has 2 unspecified atom stereocenters. The van der Waals surface area contributed by atoms with Crippen molar-refractivity contribution in [1.29, 1.82) is 0 Å². The molecule has 0 aliphatic carbocycles. The van der Waals surface area contributed by atoms with Crippen molar-refractivity contribution in [2.45, 2.75) is 32.4 Å². The molecule has 0 aromatic heterocycles. The van der Waals surface area contributed by atoms with Gasteiger partial charge in [-0.3, -0.25) is 4.79 Å². The molecule has 1 amide bonds. The highest BCUT2D eigenvalue weighted by Gasteiger charge is 2.20. The summed E-state index contributed by atoms with van der Waals surface area (Å²) >= 11 is 0. The van der Waals surface area contributed by atoms with Crippen LogP contribution in [0.15, 0.2) is 18.2 Å². The van der Waals surface area contributed by atoms with Crippen LogP contribution in [0.5, 0.6) is 11.5 Å². The summed E-state index contributed by atoms with van der Waals surface area (Å²) in [5.41, 5.74) is 6.79. The largest absolute Gasteiger partial charge is 0.493 e. The molecule has 5 nitrogen and oxygen atoms in total. The van der Waals surface area contributed by atoms with Crippen LogP contribution in [0.25, 0.3) is 0 Å². The highest BCUT2D eigenvalue weighted by molar-refractivity contribution is 5.80. The molecule has 2 atom stereocenters. The summed E-state index contributed by atoms with van der Waals surface area (Å²) < 4.78 is 11.1. The molecule has 20 heavy (non-hydrogen) atoms. The Morgan fingerprint density at radius 2 is 2.00 bits per heavy atom. The summed E-state index contributed by atoms with van der Waals surface area (Å²) in [7, 11) is 4.98. The van der Waals surface area contributed by atoms with Crippen LogP contribution < -0.4 is 15.2 Å². The van der Waals surface area contributed by atoms with Crippen LogP contribution in [-0.4, -0.2) is 44.2 Å². The number of benzene rings is 1. The smallest absolute Gasteiger partial charge is 0.262 e. The van der Waals surface area contributed by atoms with Gasteiger partial charge in [0.25, 0.3) is 5.91 Å². The molecule has 0 saturated carbocycles. The number of methoxy groups -OCH3 is 1. The summed E-state index contributed by atoms with van der Waals surface area (Å²) in [6, 6.07) is 5.65. The molecule has 0 fully saturated rings. The van der Waals surface area contributed by atoms with Gasteiger partial charge in [-0.25, -0.2) is 0 Å². The van der Waals surface area contributed by atoms with Crippen molar-refractivity contribution in [2.75, 3.05) is 21.2 Å². The number of nitrogens with two attached hydrogens (primary N) is 1. The highest BCUT2D eigenvalue weighted by Crippen LogP contribution is 2.32. The van der Waals surface area contributed by atoms with Crippen LogP contribution in [-0.2, 0) is 11.2 Å². The van der Waals surface area contributed by atoms with Gasteiger partial charge in [-0.1, -0.05) is 12.1 Å². The zero-order valence-electron chi connectivity index (χ0n) is 12.8. The normalized spacial score (nSPS) is 13.5. The average Bonchev–Trinajstić information content (AvgIpc) is 2.38. The fourth-order valence-corrected chi connectivity index (χ4v) is 1.95. The lowest BCUT2D eigenvalue weighted by Crippen LogP contribution is -2.35. The van der Waals surface area contributed by atoms with Crippen LogP contribution in [0.4, 0.5) is 0 Å². The summed E-state index contributed by atoms with van der Waals surface area (Å²) in [6.45, 7) is 3.65. The molecule has 0 heterocycles. The van der Waals surface area contributed by atoms with E-state index in [9.17, 15) is 4.79 Å². The zero-order chi connectivity index (χ0) is 15.3. The molecular weight excluding hydrogens is 256 g/mol.